The molecule has 0 aliphatic rings. The zero-order valence-electron chi connectivity index (χ0n) is 12.7. The Hall–Kier alpha value is -1.81. The van der Waals surface area contributed by atoms with Gasteiger partial charge >= 0.3 is 0 Å². The van der Waals surface area contributed by atoms with Crippen LogP contribution < -0.4 is 10.1 Å². The predicted molar refractivity (Wildman–Crippen MR) is 81.1 cm³/mol. The quantitative estimate of drug-likeness (QED) is 0.879. The highest BCUT2D eigenvalue weighted by atomic mass is 16.5. The van der Waals surface area contributed by atoms with Crippen molar-refractivity contribution >= 4 is 0 Å². The van der Waals surface area contributed by atoms with Crippen LogP contribution >= 0.6 is 0 Å². The van der Waals surface area contributed by atoms with Crippen molar-refractivity contribution in [3.63, 3.8) is 0 Å². The van der Waals surface area contributed by atoms with Crippen molar-refractivity contribution in [2.45, 2.75) is 32.9 Å². The Balaban J connectivity index is 2.19. The molecule has 0 bridgehead atoms. The summed E-state index contributed by atoms with van der Waals surface area (Å²) < 4.78 is 7.28. The van der Waals surface area contributed by atoms with Crippen molar-refractivity contribution in [1.82, 2.24) is 15.1 Å². The number of nitrogens with one attached hydrogen (secondary N) is 1. The first kappa shape index (κ1) is 14.6. The molecule has 0 aliphatic heterocycles. The molecular formula is C16H23N3O. The van der Waals surface area contributed by atoms with E-state index in [2.05, 4.69) is 40.2 Å². The second-order valence-electron chi connectivity index (χ2n) is 4.91. The molecule has 1 atom stereocenters. The summed E-state index contributed by atoms with van der Waals surface area (Å²) in [5, 5.41) is 7.89. The Morgan fingerprint density at radius 2 is 2.00 bits per heavy atom. The molecular weight excluding hydrogens is 250 g/mol. The van der Waals surface area contributed by atoms with Crippen LogP contribution in [-0.4, -0.2) is 23.9 Å². The number of aromatic nitrogens is 2. The van der Waals surface area contributed by atoms with Crippen LogP contribution in [0.2, 0.25) is 0 Å². The van der Waals surface area contributed by atoms with Gasteiger partial charge in [0.2, 0.25) is 0 Å². The Bertz CT molecular complexity index is 545. The largest absolute Gasteiger partial charge is 0.497 e. The van der Waals surface area contributed by atoms with Crippen molar-refractivity contribution < 1.29 is 4.74 Å². The van der Waals surface area contributed by atoms with Gasteiger partial charge in [-0.1, -0.05) is 12.1 Å². The number of hydrogen-bond acceptors (Lipinski definition) is 3. The molecule has 1 heterocycles. The predicted octanol–water partition coefficient (Wildman–Crippen LogP) is 2.72. The van der Waals surface area contributed by atoms with E-state index in [-0.39, 0.29) is 6.04 Å². The topological polar surface area (TPSA) is 39.1 Å². The van der Waals surface area contributed by atoms with Gasteiger partial charge in [-0.15, -0.1) is 0 Å². The Morgan fingerprint density at radius 1 is 1.30 bits per heavy atom. The summed E-state index contributed by atoms with van der Waals surface area (Å²) in [6.45, 7) is 5.07. The number of benzene rings is 1. The lowest BCUT2D eigenvalue weighted by molar-refractivity contribution is 0.414. The third-order valence-electron chi connectivity index (χ3n) is 3.56. The molecule has 0 fully saturated rings. The molecule has 0 radical (unpaired) electrons. The third kappa shape index (κ3) is 3.20. The van der Waals surface area contributed by atoms with Gasteiger partial charge in [-0.05, 0) is 44.7 Å². The van der Waals surface area contributed by atoms with E-state index in [4.69, 9.17) is 4.74 Å². The number of aryl methyl sites for hydroxylation is 2. The molecule has 1 unspecified atom stereocenters. The lowest BCUT2D eigenvalue weighted by atomic mass is 10.0. The van der Waals surface area contributed by atoms with Gasteiger partial charge in [0, 0.05) is 24.7 Å². The minimum atomic E-state index is 0.280. The van der Waals surface area contributed by atoms with E-state index >= 15 is 0 Å². The van der Waals surface area contributed by atoms with Crippen LogP contribution in [-0.2, 0) is 13.0 Å². The van der Waals surface area contributed by atoms with E-state index < -0.39 is 0 Å². The molecule has 2 rings (SSSR count). The minimum absolute atomic E-state index is 0.280. The maximum absolute atomic E-state index is 5.21. The highest BCUT2D eigenvalue weighted by Crippen LogP contribution is 2.21. The summed E-state index contributed by atoms with van der Waals surface area (Å²) in [4.78, 5) is 0. The minimum Gasteiger partial charge on any atom is -0.497 e. The van der Waals surface area contributed by atoms with E-state index in [1.807, 2.05) is 26.1 Å². The van der Waals surface area contributed by atoms with Gasteiger partial charge in [-0.3, -0.25) is 4.68 Å². The monoisotopic (exact) mass is 273 g/mol. The fourth-order valence-corrected chi connectivity index (χ4v) is 2.47. The van der Waals surface area contributed by atoms with Gasteiger partial charge in [-0.25, -0.2) is 0 Å². The van der Waals surface area contributed by atoms with Gasteiger partial charge < -0.3 is 10.1 Å². The summed E-state index contributed by atoms with van der Waals surface area (Å²) >= 11 is 0. The summed E-state index contributed by atoms with van der Waals surface area (Å²) in [7, 11) is 3.68. The van der Waals surface area contributed by atoms with E-state index in [9.17, 15) is 0 Å². The Labute approximate surface area is 120 Å². The van der Waals surface area contributed by atoms with Crippen molar-refractivity contribution in [1.29, 1.82) is 0 Å². The molecule has 0 saturated heterocycles. The van der Waals surface area contributed by atoms with Crippen LogP contribution in [0.5, 0.6) is 5.75 Å². The molecule has 1 N–H and O–H groups in total. The summed E-state index contributed by atoms with van der Waals surface area (Å²) in [5.41, 5.74) is 3.60. The Morgan fingerprint density at radius 3 is 2.55 bits per heavy atom. The normalized spacial score (nSPS) is 12.4. The van der Waals surface area contributed by atoms with Crippen LogP contribution in [0.1, 0.15) is 29.9 Å². The van der Waals surface area contributed by atoms with Gasteiger partial charge in [-0.2, -0.15) is 5.10 Å². The van der Waals surface area contributed by atoms with E-state index in [0.29, 0.717) is 0 Å². The average molecular weight is 273 g/mol. The van der Waals surface area contributed by atoms with E-state index in [0.717, 1.165) is 24.4 Å². The van der Waals surface area contributed by atoms with Crippen molar-refractivity contribution in [2.24, 2.45) is 0 Å². The van der Waals surface area contributed by atoms with Crippen molar-refractivity contribution in [3.05, 3.63) is 47.3 Å². The lowest BCUT2D eigenvalue weighted by Crippen LogP contribution is -2.20. The molecule has 2 aromatic rings. The third-order valence-corrected chi connectivity index (χ3v) is 3.56. The standard InChI is InChI=1S/C16H23N3O/c1-5-19-14(10-12(2)18-19)11-16(17-3)13-6-8-15(20-4)9-7-13/h6-10,16-17H,5,11H2,1-4H3. The molecule has 4 nitrogen and oxygen atoms in total. The molecule has 0 saturated carbocycles. The number of methoxy groups -OCH3 is 1. The van der Waals surface area contributed by atoms with Gasteiger partial charge in [0.25, 0.3) is 0 Å². The van der Waals surface area contributed by atoms with Gasteiger partial charge in [0.15, 0.2) is 0 Å². The summed E-state index contributed by atoms with van der Waals surface area (Å²) in [5.74, 6) is 0.887. The summed E-state index contributed by atoms with van der Waals surface area (Å²) in [6.07, 6.45) is 0.928. The van der Waals surface area contributed by atoms with Crippen LogP contribution in [0.25, 0.3) is 0 Å². The maximum Gasteiger partial charge on any atom is 0.118 e. The maximum atomic E-state index is 5.21. The van der Waals surface area contributed by atoms with E-state index in [1.54, 1.807) is 7.11 Å². The van der Waals surface area contributed by atoms with Crippen molar-refractivity contribution in [3.8, 4) is 5.75 Å². The van der Waals surface area contributed by atoms with Gasteiger partial charge in [0.05, 0.1) is 12.8 Å². The molecule has 20 heavy (non-hydrogen) atoms. The second-order valence-corrected chi connectivity index (χ2v) is 4.91. The molecule has 0 amide bonds. The summed E-state index contributed by atoms with van der Waals surface area (Å²) in [6, 6.07) is 10.7. The Kier molecular flexibility index (Phi) is 4.79. The fraction of sp³-hybridized carbons (Fsp3) is 0.438. The highest BCUT2D eigenvalue weighted by molar-refractivity contribution is 5.30. The van der Waals surface area contributed by atoms with Crippen LogP contribution in [0, 0.1) is 6.92 Å². The number of hydrogen-bond donors (Lipinski definition) is 1. The highest BCUT2D eigenvalue weighted by Gasteiger charge is 2.13. The molecule has 0 aliphatic carbocycles. The van der Waals surface area contributed by atoms with Crippen LogP contribution in [0.4, 0.5) is 0 Å². The number of rotatable bonds is 6. The number of ether oxygens (including phenoxy) is 1. The van der Waals surface area contributed by atoms with Gasteiger partial charge in [0.1, 0.15) is 5.75 Å². The number of nitrogens with zero attached hydrogens (tertiary/aromatic N) is 2. The SMILES string of the molecule is CCn1nc(C)cc1CC(NC)c1ccc(OC)cc1. The first-order chi connectivity index (χ1) is 9.67. The lowest BCUT2D eigenvalue weighted by Gasteiger charge is -2.17. The first-order valence-electron chi connectivity index (χ1n) is 7.02. The second kappa shape index (κ2) is 6.57. The molecule has 1 aromatic heterocycles. The van der Waals surface area contributed by atoms with Crippen LogP contribution in [0.3, 0.4) is 0 Å². The average Bonchev–Trinajstić information content (AvgIpc) is 2.84. The molecule has 108 valence electrons. The number of likely N-dealkylation sites (N-methyl/N-ethyl adjacent to an activating group) is 1. The zero-order valence-corrected chi connectivity index (χ0v) is 12.7. The van der Waals surface area contributed by atoms with E-state index in [1.165, 1.54) is 11.3 Å². The zero-order chi connectivity index (χ0) is 14.5. The fourth-order valence-electron chi connectivity index (χ4n) is 2.47. The smallest absolute Gasteiger partial charge is 0.118 e. The first-order valence-corrected chi connectivity index (χ1v) is 7.02. The molecule has 1 aromatic carbocycles. The van der Waals surface area contributed by atoms with Crippen LogP contribution in [0.15, 0.2) is 30.3 Å². The molecule has 4 heteroatoms. The van der Waals surface area contributed by atoms with Crippen molar-refractivity contribution in [2.75, 3.05) is 14.2 Å². The molecule has 0 spiro atoms.